The number of methoxy groups -OCH3 is 2. The van der Waals surface area contributed by atoms with Crippen molar-refractivity contribution < 1.29 is 14.3 Å². The summed E-state index contributed by atoms with van der Waals surface area (Å²) in [6.45, 7) is 1.95. The van der Waals surface area contributed by atoms with Gasteiger partial charge in [-0.1, -0.05) is 18.2 Å². The highest BCUT2D eigenvalue weighted by molar-refractivity contribution is 8.00. The molecule has 0 unspecified atom stereocenters. The van der Waals surface area contributed by atoms with Crippen molar-refractivity contribution in [2.45, 2.75) is 11.8 Å². The molecule has 0 spiro atoms. The maximum atomic E-state index is 12.2. The summed E-state index contributed by atoms with van der Waals surface area (Å²) in [5, 5.41) is 5.06. The van der Waals surface area contributed by atoms with Gasteiger partial charge in [-0.3, -0.25) is 9.78 Å². The molecule has 0 fully saturated rings. The van der Waals surface area contributed by atoms with E-state index in [0.717, 1.165) is 27.1 Å². The van der Waals surface area contributed by atoms with Gasteiger partial charge in [0.1, 0.15) is 11.5 Å². The Labute approximate surface area is 168 Å². The normalized spacial score (nSPS) is 11.0. The molecule has 3 rings (SSSR count). The fourth-order valence-corrected chi connectivity index (χ4v) is 3.58. The molecule has 1 amide bonds. The molecular formula is C21H21N3O3S. The number of rotatable bonds is 7. The molecule has 0 bridgehead atoms. The Morgan fingerprint density at radius 2 is 1.86 bits per heavy atom. The summed E-state index contributed by atoms with van der Waals surface area (Å²) in [4.78, 5) is 17.7. The molecule has 1 N–H and O–H groups in total. The molecule has 6 nitrogen and oxygen atoms in total. The summed E-state index contributed by atoms with van der Waals surface area (Å²) in [7, 11) is 3.17. The zero-order valence-electron chi connectivity index (χ0n) is 15.9. The second kappa shape index (κ2) is 9.23. The second-order valence-corrected chi connectivity index (χ2v) is 7.02. The number of pyridine rings is 1. The maximum absolute atomic E-state index is 12.2. The van der Waals surface area contributed by atoms with Crippen LogP contribution in [0.5, 0.6) is 11.5 Å². The van der Waals surface area contributed by atoms with Crippen molar-refractivity contribution in [2.75, 3.05) is 20.0 Å². The van der Waals surface area contributed by atoms with Crippen LogP contribution in [0.25, 0.3) is 10.9 Å². The van der Waals surface area contributed by atoms with Crippen LogP contribution in [0, 0.1) is 6.92 Å². The van der Waals surface area contributed by atoms with Gasteiger partial charge in [-0.2, -0.15) is 5.10 Å². The van der Waals surface area contributed by atoms with E-state index < -0.39 is 0 Å². The zero-order valence-corrected chi connectivity index (χ0v) is 16.7. The van der Waals surface area contributed by atoms with Gasteiger partial charge >= 0.3 is 0 Å². The number of benzene rings is 2. The molecule has 0 aliphatic carbocycles. The Hall–Kier alpha value is -3.06. The second-order valence-electron chi connectivity index (χ2n) is 6.01. The van der Waals surface area contributed by atoms with Gasteiger partial charge in [0.2, 0.25) is 5.91 Å². The average Bonchev–Trinajstić information content (AvgIpc) is 2.71. The lowest BCUT2D eigenvalue weighted by Gasteiger charge is -2.07. The predicted molar refractivity (Wildman–Crippen MR) is 112 cm³/mol. The van der Waals surface area contributed by atoms with Crippen LogP contribution in [0.4, 0.5) is 0 Å². The van der Waals surface area contributed by atoms with Gasteiger partial charge in [-0.05, 0) is 31.2 Å². The van der Waals surface area contributed by atoms with Gasteiger partial charge in [-0.25, -0.2) is 5.43 Å². The van der Waals surface area contributed by atoms with E-state index in [1.54, 1.807) is 38.6 Å². The largest absolute Gasteiger partial charge is 0.497 e. The number of carbonyl (C=O) groups excluding carboxylic acids is 1. The van der Waals surface area contributed by atoms with Crippen LogP contribution in [0.2, 0.25) is 0 Å². The van der Waals surface area contributed by atoms with E-state index in [-0.39, 0.29) is 11.7 Å². The summed E-state index contributed by atoms with van der Waals surface area (Å²) >= 11 is 1.46. The quantitative estimate of drug-likeness (QED) is 0.374. The number of hydrazone groups is 1. The molecule has 0 saturated heterocycles. The van der Waals surface area contributed by atoms with Gasteiger partial charge < -0.3 is 9.47 Å². The van der Waals surface area contributed by atoms with E-state index >= 15 is 0 Å². The first kappa shape index (κ1) is 19.7. The molecular weight excluding hydrogens is 374 g/mol. The molecule has 0 radical (unpaired) electrons. The summed E-state index contributed by atoms with van der Waals surface area (Å²) in [6.07, 6.45) is 1.56. The van der Waals surface area contributed by atoms with Crippen molar-refractivity contribution >= 4 is 34.8 Å². The molecule has 1 aromatic heterocycles. The van der Waals surface area contributed by atoms with Gasteiger partial charge in [0.05, 0.1) is 31.7 Å². The minimum absolute atomic E-state index is 0.186. The monoisotopic (exact) mass is 395 g/mol. The van der Waals surface area contributed by atoms with Crippen LogP contribution in [-0.2, 0) is 4.79 Å². The number of hydrogen-bond acceptors (Lipinski definition) is 6. The standard InChI is InChI=1S/C21H21N3O3S/c1-14-8-20(18-6-4-5-7-19(18)23-14)28-13-21(25)24-22-12-15-9-16(26-2)11-17(10-15)27-3/h4-12H,13H2,1-3H3,(H,24,25)/b22-12+. The Morgan fingerprint density at radius 3 is 2.57 bits per heavy atom. The number of nitrogens with zero attached hydrogens (tertiary/aromatic N) is 2. The SMILES string of the molecule is COc1cc(/C=N/NC(=O)CSc2cc(C)nc3ccccc23)cc(OC)c1. The third kappa shape index (κ3) is 5.01. The van der Waals surface area contributed by atoms with Crippen LogP contribution >= 0.6 is 11.8 Å². The summed E-state index contributed by atoms with van der Waals surface area (Å²) in [5.74, 6) is 1.38. The van der Waals surface area contributed by atoms with Crippen LogP contribution in [-0.4, -0.2) is 37.1 Å². The first-order chi connectivity index (χ1) is 13.6. The minimum Gasteiger partial charge on any atom is -0.497 e. The predicted octanol–water partition coefficient (Wildman–Crippen LogP) is 3.80. The van der Waals surface area contributed by atoms with Crippen LogP contribution in [0.1, 0.15) is 11.3 Å². The lowest BCUT2D eigenvalue weighted by Crippen LogP contribution is -2.19. The van der Waals surface area contributed by atoms with E-state index in [2.05, 4.69) is 15.5 Å². The number of hydrogen-bond donors (Lipinski definition) is 1. The van der Waals surface area contributed by atoms with E-state index in [4.69, 9.17) is 9.47 Å². The molecule has 0 aliphatic heterocycles. The molecule has 144 valence electrons. The molecule has 0 atom stereocenters. The van der Waals surface area contributed by atoms with Crippen LogP contribution < -0.4 is 14.9 Å². The highest BCUT2D eigenvalue weighted by Crippen LogP contribution is 2.27. The van der Waals surface area contributed by atoms with Gasteiger partial charge in [-0.15, -0.1) is 11.8 Å². The van der Waals surface area contributed by atoms with Crippen LogP contribution in [0.15, 0.2) is 58.5 Å². The summed E-state index contributed by atoms with van der Waals surface area (Å²) in [5.41, 5.74) is 5.16. The lowest BCUT2D eigenvalue weighted by atomic mass is 10.2. The molecule has 0 saturated carbocycles. The van der Waals surface area contributed by atoms with Crippen molar-refractivity contribution in [3.05, 3.63) is 59.8 Å². The Morgan fingerprint density at radius 1 is 1.14 bits per heavy atom. The Balaban J connectivity index is 1.62. The smallest absolute Gasteiger partial charge is 0.250 e. The number of thioether (sulfide) groups is 1. The third-order valence-electron chi connectivity index (χ3n) is 3.94. The molecule has 28 heavy (non-hydrogen) atoms. The molecule has 3 aromatic rings. The first-order valence-electron chi connectivity index (χ1n) is 8.63. The first-order valence-corrected chi connectivity index (χ1v) is 9.62. The lowest BCUT2D eigenvalue weighted by molar-refractivity contribution is -0.118. The summed E-state index contributed by atoms with van der Waals surface area (Å²) in [6, 6.07) is 15.3. The van der Waals surface area contributed by atoms with Crippen molar-refractivity contribution in [3.63, 3.8) is 0 Å². The third-order valence-corrected chi connectivity index (χ3v) is 5.00. The van der Waals surface area contributed by atoms with Crippen molar-refractivity contribution in [3.8, 4) is 11.5 Å². The number of ether oxygens (including phenoxy) is 2. The summed E-state index contributed by atoms with van der Waals surface area (Å²) < 4.78 is 10.4. The number of fused-ring (bicyclic) bond motifs is 1. The fraction of sp³-hybridized carbons (Fsp3) is 0.190. The highest BCUT2D eigenvalue weighted by Gasteiger charge is 2.07. The number of nitrogens with one attached hydrogen (secondary N) is 1. The van der Waals surface area contributed by atoms with Crippen molar-refractivity contribution in [1.29, 1.82) is 0 Å². The number of para-hydroxylation sites is 1. The Bertz CT molecular complexity index is 999. The Kier molecular flexibility index (Phi) is 6.49. The van der Waals surface area contributed by atoms with Crippen LogP contribution in [0.3, 0.4) is 0 Å². The highest BCUT2D eigenvalue weighted by atomic mass is 32.2. The van der Waals surface area contributed by atoms with E-state index in [1.807, 2.05) is 37.3 Å². The van der Waals surface area contributed by atoms with E-state index in [9.17, 15) is 4.79 Å². The average molecular weight is 395 g/mol. The number of aromatic nitrogens is 1. The molecule has 0 aliphatic rings. The molecule has 2 aromatic carbocycles. The molecule has 7 heteroatoms. The van der Waals surface area contributed by atoms with E-state index in [0.29, 0.717) is 11.5 Å². The van der Waals surface area contributed by atoms with Gasteiger partial charge in [0.25, 0.3) is 0 Å². The van der Waals surface area contributed by atoms with Crippen molar-refractivity contribution in [2.24, 2.45) is 5.10 Å². The van der Waals surface area contributed by atoms with Crippen molar-refractivity contribution in [1.82, 2.24) is 10.4 Å². The number of aryl methyl sites for hydroxylation is 1. The maximum Gasteiger partial charge on any atom is 0.250 e. The fourth-order valence-electron chi connectivity index (χ4n) is 2.65. The minimum atomic E-state index is -0.186. The molecule has 1 heterocycles. The zero-order chi connectivity index (χ0) is 19.9. The van der Waals surface area contributed by atoms with Gasteiger partial charge in [0, 0.05) is 27.6 Å². The number of amides is 1. The topological polar surface area (TPSA) is 72.8 Å². The van der Waals surface area contributed by atoms with E-state index in [1.165, 1.54) is 11.8 Å². The van der Waals surface area contributed by atoms with Gasteiger partial charge in [0.15, 0.2) is 0 Å². The number of carbonyl (C=O) groups is 1.